The molecule has 0 unspecified atom stereocenters. The predicted octanol–water partition coefficient (Wildman–Crippen LogP) is 1.04. The minimum absolute atomic E-state index is 0.0839. The van der Waals surface area contributed by atoms with E-state index in [1.54, 1.807) is 0 Å². The van der Waals surface area contributed by atoms with E-state index < -0.39 is 12.3 Å². The monoisotopic (exact) mass is 210 g/mol. The number of fused-ring (bicyclic) bond motifs is 1. The van der Waals surface area contributed by atoms with Crippen LogP contribution in [0.25, 0.3) is 5.57 Å². The van der Waals surface area contributed by atoms with Crippen LogP contribution in [-0.2, 0) is 0 Å². The van der Waals surface area contributed by atoms with Crippen molar-refractivity contribution in [3.63, 3.8) is 0 Å². The van der Waals surface area contributed by atoms with E-state index >= 15 is 0 Å². The molecule has 4 nitrogen and oxygen atoms in total. The number of carbonyl (C=O) groups is 1. The van der Waals surface area contributed by atoms with Gasteiger partial charge in [-0.3, -0.25) is 10.1 Å². The molecule has 77 valence electrons. The maximum atomic E-state index is 12.5. The molecule has 1 aliphatic heterocycles. The number of amides is 1. The van der Waals surface area contributed by atoms with E-state index in [0.717, 1.165) is 6.20 Å². The molecule has 15 heavy (non-hydrogen) atoms. The van der Waals surface area contributed by atoms with Crippen LogP contribution in [0.15, 0.2) is 18.5 Å². The SMILES string of the molecule is NC(=O)c1nccc2c1[N]C=C2C(F)F. The molecule has 0 atom stereocenters. The molecule has 2 N–H and O–H groups in total. The quantitative estimate of drug-likeness (QED) is 0.792. The Labute approximate surface area is 83.8 Å². The maximum Gasteiger partial charge on any atom is 0.269 e. The molecule has 0 bridgehead atoms. The Morgan fingerprint density at radius 2 is 2.20 bits per heavy atom. The third-order valence-corrected chi connectivity index (χ3v) is 2.04. The molecule has 0 saturated carbocycles. The van der Waals surface area contributed by atoms with Crippen LogP contribution in [-0.4, -0.2) is 17.3 Å². The van der Waals surface area contributed by atoms with Gasteiger partial charge in [0.1, 0.15) is 5.69 Å². The van der Waals surface area contributed by atoms with Gasteiger partial charge in [0.2, 0.25) is 0 Å². The Balaban J connectivity index is 2.53. The summed E-state index contributed by atoms with van der Waals surface area (Å²) in [6.07, 6.45) is -0.336. The van der Waals surface area contributed by atoms with Gasteiger partial charge in [0.05, 0.1) is 0 Å². The molecule has 1 aromatic rings. The van der Waals surface area contributed by atoms with E-state index in [1.165, 1.54) is 12.3 Å². The first kappa shape index (κ1) is 9.57. The first-order valence-corrected chi connectivity index (χ1v) is 4.09. The Morgan fingerprint density at radius 3 is 2.80 bits per heavy atom. The van der Waals surface area contributed by atoms with Crippen molar-refractivity contribution in [2.75, 3.05) is 0 Å². The molecule has 1 radical (unpaired) electrons. The molecule has 6 heteroatoms. The van der Waals surface area contributed by atoms with Crippen LogP contribution in [0.4, 0.5) is 14.5 Å². The van der Waals surface area contributed by atoms with Crippen molar-refractivity contribution in [1.82, 2.24) is 10.3 Å². The van der Waals surface area contributed by atoms with Gasteiger partial charge in [-0.1, -0.05) is 0 Å². The predicted molar refractivity (Wildman–Crippen MR) is 48.5 cm³/mol. The van der Waals surface area contributed by atoms with E-state index in [9.17, 15) is 13.6 Å². The van der Waals surface area contributed by atoms with Crippen LogP contribution < -0.4 is 11.1 Å². The van der Waals surface area contributed by atoms with E-state index in [-0.39, 0.29) is 22.5 Å². The van der Waals surface area contributed by atoms with Gasteiger partial charge in [0.15, 0.2) is 5.69 Å². The number of allylic oxidation sites excluding steroid dienone is 1. The van der Waals surface area contributed by atoms with Crippen molar-refractivity contribution in [3.05, 3.63) is 29.7 Å². The van der Waals surface area contributed by atoms with Crippen LogP contribution in [0.5, 0.6) is 0 Å². The number of rotatable bonds is 2. The Bertz CT molecular complexity index is 457. The standard InChI is InChI=1S/C9H6F2N3O/c10-8(11)5-3-14-6-4(5)1-2-13-7(6)9(12)15/h1-3,8H,(H2,12,15). The molecular formula is C9H6F2N3O. The zero-order valence-electron chi connectivity index (χ0n) is 7.45. The van der Waals surface area contributed by atoms with Gasteiger partial charge >= 0.3 is 0 Å². The van der Waals surface area contributed by atoms with Gasteiger partial charge in [-0.05, 0) is 6.07 Å². The zero-order chi connectivity index (χ0) is 11.0. The lowest BCUT2D eigenvalue weighted by Crippen LogP contribution is -2.14. The van der Waals surface area contributed by atoms with E-state index in [2.05, 4.69) is 10.3 Å². The smallest absolute Gasteiger partial charge is 0.269 e. The van der Waals surface area contributed by atoms with Gasteiger partial charge in [0, 0.05) is 23.5 Å². The van der Waals surface area contributed by atoms with Gasteiger partial charge in [0.25, 0.3) is 12.3 Å². The topological polar surface area (TPSA) is 70.1 Å². The Hall–Kier alpha value is -1.98. The number of alkyl halides is 2. The third kappa shape index (κ3) is 1.43. The molecule has 1 aliphatic rings. The van der Waals surface area contributed by atoms with Crippen LogP contribution >= 0.6 is 0 Å². The van der Waals surface area contributed by atoms with Crippen molar-refractivity contribution in [2.24, 2.45) is 5.73 Å². The molecule has 0 aliphatic carbocycles. The molecular weight excluding hydrogens is 204 g/mol. The van der Waals surface area contributed by atoms with Crippen LogP contribution in [0, 0.1) is 0 Å². The summed E-state index contributed by atoms with van der Waals surface area (Å²) in [7, 11) is 0. The van der Waals surface area contributed by atoms with Gasteiger partial charge in [-0.2, -0.15) is 0 Å². The van der Waals surface area contributed by atoms with Crippen molar-refractivity contribution in [3.8, 4) is 0 Å². The summed E-state index contributed by atoms with van der Waals surface area (Å²) in [6.45, 7) is 0. The lowest BCUT2D eigenvalue weighted by Gasteiger charge is -2.04. The van der Waals surface area contributed by atoms with E-state index in [4.69, 9.17) is 5.73 Å². The Morgan fingerprint density at radius 1 is 1.47 bits per heavy atom. The largest absolute Gasteiger partial charge is 0.364 e. The molecule has 1 aromatic heterocycles. The summed E-state index contributed by atoms with van der Waals surface area (Å²) >= 11 is 0. The lowest BCUT2D eigenvalue weighted by molar-refractivity contribution is 0.0996. The average Bonchev–Trinajstić information content (AvgIpc) is 2.59. The summed E-state index contributed by atoms with van der Waals surface area (Å²) in [6, 6.07) is 1.39. The Kier molecular flexibility index (Phi) is 2.11. The highest BCUT2D eigenvalue weighted by Gasteiger charge is 2.26. The molecule has 2 rings (SSSR count). The lowest BCUT2D eigenvalue weighted by atomic mass is 10.1. The van der Waals surface area contributed by atoms with Crippen molar-refractivity contribution in [2.45, 2.75) is 6.43 Å². The summed E-state index contributed by atoms with van der Waals surface area (Å²) in [5, 5.41) is 3.72. The number of aromatic nitrogens is 1. The van der Waals surface area contributed by atoms with Crippen LogP contribution in [0.2, 0.25) is 0 Å². The molecule has 2 heterocycles. The second-order valence-electron chi connectivity index (χ2n) is 2.93. The minimum atomic E-state index is -2.63. The molecule has 0 aromatic carbocycles. The molecule has 1 amide bonds. The fourth-order valence-corrected chi connectivity index (χ4v) is 1.38. The highest BCUT2D eigenvalue weighted by atomic mass is 19.3. The summed E-state index contributed by atoms with van der Waals surface area (Å²) in [4.78, 5) is 14.6. The number of nitrogens with two attached hydrogens (primary N) is 1. The van der Waals surface area contributed by atoms with E-state index in [1.807, 2.05) is 0 Å². The molecule has 0 fully saturated rings. The van der Waals surface area contributed by atoms with E-state index in [0.29, 0.717) is 0 Å². The molecule has 0 saturated heterocycles. The van der Waals surface area contributed by atoms with Gasteiger partial charge < -0.3 is 5.73 Å². The van der Waals surface area contributed by atoms with Crippen LogP contribution in [0.1, 0.15) is 16.1 Å². The average molecular weight is 210 g/mol. The molecule has 0 spiro atoms. The first-order chi connectivity index (χ1) is 7.11. The maximum absolute atomic E-state index is 12.5. The second kappa shape index (κ2) is 3.30. The normalized spacial score (nSPS) is 13.4. The number of carbonyl (C=O) groups excluding carboxylic acids is 1. The first-order valence-electron chi connectivity index (χ1n) is 4.09. The van der Waals surface area contributed by atoms with Crippen molar-refractivity contribution >= 4 is 17.2 Å². The van der Waals surface area contributed by atoms with Crippen LogP contribution in [0.3, 0.4) is 0 Å². The van der Waals surface area contributed by atoms with Crippen molar-refractivity contribution < 1.29 is 13.6 Å². The number of hydrogen-bond donors (Lipinski definition) is 1. The highest BCUT2D eigenvalue weighted by molar-refractivity contribution is 5.99. The number of pyridine rings is 1. The van der Waals surface area contributed by atoms with Gasteiger partial charge in [-0.25, -0.2) is 13.8 Å². The minimum Gasteiger partial charge on any atom is -0.364 e. The van der Waals surface area contributed by atoms with Gasteiger partial charge in [-0.15, -0.1) is 0 Å². The fourth-order valence-electron chi connectivity index (χ4n) is 1.38. The number of halogens is 2. The number of hydrogen-bond acceptors (Lipinski definition) is 2. The summed E-state index contributed by atoms with van der Waals surface area (Å²) in [5.74, 6) is -0.778. The van der Waals surface area contributed by atoms with Crippen molar-refractivity contribution in [1.29, 1.82) is 0 Å². The summed E-state index contributed by atoms with van der Waals surface area (Å²) in [5.41, 5.74) is 5.08. The summed E-state index contributed by atoms with van der Waals surface area (Å²) < 4.78 is 25.0. The fraction of sp³-hybridized carbons (Fsp3) is 0.111. The highest BCUT2D eigenvalue weighted by Crippen LogP contribution is 2.35. The number of nitrogens with zero attached hydrogens (tertiary/aromatic N) is 2. The second-order valence-corrected chi connectivity index (χ2v) is 2.93. The zero-order valence-corrected chi connectivity index (χ0v) is 7.45. The third-order valence-electron chi connectivity index (χ3n) is 2.04. The number of primary amides is 1.